The van der Waals surface area contributed by atoms with E-state index in [9.17, 15) is 4.79 Å². The van der Waals surface area contributed by atoms with Crippen LogP contribution in [0, 0.1) is 5.92 Å². The minimum absolute atomic E-state index is 0.0400. The molecule has 3 aromatic rings. The lowest BCUT2D eigenvalue weighted by atomic mass is 9.96. The van der Waals surface area contributed by atoms with E-state index in [1.165, 1.54) is 0 Å². The van der Waals surface area contributed by atoms with Crippen LogP contribution in [0.25, 0.3) is 22.2 Å². The largest absolute Gasteiger partial charge is 0.367 e. The van der Waals surface area contributed by atoms with Crippen LogP contribution in [-0.4, -0.2) is 56.9 Å². The molecule has 1 amide bonds. The zero-order valence-electron chi connectivity index (χ0n) is 17.6. The van der Waals surface area contributed by atoms with Gasteiger partial charge in [0.15, 0.2) is 0 Å². The van der Waals surface area contributed by atoms with Crippen molar-refractivity contribution in [1.82, 2.24) is 24.8 Å². The van der Waals surface area contributed by atoms with Crippen LogP contribution in [0.1, 0.15) is 26.7 Å². The summed E-state index contributed by atoms with van der Waals surface area (Å²) in [5.74, 6) is 1.36. The molecule has 0 bridgehead atoms. The number of nitrogens with zero attached hydrogens (tertiary/aromatic N) is 5. The Bertz CT molecular complexity index is 1040. The molecule has 0 saturated carbocycles. The van der Waals surface area contributed by atoms with Gasteiger partial charge in [-0.2, -0.15) is 0 Å². The fourth-order valence-corrected chi connectivity index (χ4v) is 3.60. The predicted octanol–water partition coefficient (Wildman–Crippen LogP) is 3.19. The molecule has 4 heterocycles. The highest BCUT2D eigenvalue weighted by molar-refractivity contribution is 5.94. The third kappa shape index (κ3) is 4.71. The van der Waals surface area contributed by atoms with Crippen LogP contribution in [-0.2, 0) is 4.79 Å². The second-order valence-electron chi connectivity index (χ2n) is 8.14. The summed E-state index contributed by atoms with van der Waals surface area (Å²) in [5, 5.41) is 8.08. The number of nitrogens with one attached hydrogen (secondary N) is 2. The second kappa shape index (κ2) is 8.71. The third-order valence-electron chi connectivity index (χ3n) is 5.28. The number of carbonyl (C=O) groups is 1. The highest BCUT2D eigenvalue weighted by Crippen LogP contribution is 2.24. The van der Waals surface area contributed by atoms with Gasteiger partial charge in [-0.05, 0) is 64.3 Å². The molecule has 0 atom stereocenters. The molecule has 1 aliphatic rings. The summed E-state index contributed by atoms with van der Waals surface area (Å²) in [7, 11) is 2.09. The van der Waals surface area contributed by atoms with E-state index in [4.69, 9.17) is 0 Å². The van der Waals surface area contributed by atoms with Gasteiger partial charge in [0, 0.05) is 29.7 Å². The standard InChI is InChI=1S/C22H27N7O/c1-14(2)26-21-13-23-12-19(27-21)18-8-16-9-20(25-11-17(16)10-24-18)28-22(30)15-4-6-29(3)7-5-15/h8-15H,4-7H2,1-3H3,(H,26,27)(H,25,28,30). The van der Waals surface area contributed by atoms with E-state index in [1.54, 1.807) is 24.8 Å². The highest BCUT2D eigenvalue weighted by atomic mass is 16.1. The molecule has 2 N–H and O–H groups in total. The van der Waals surface area contributed by atoms with E-state index in [-0.39, 0.29) is 17.9 Å². The van der Waals surface area contributed by atoms with Crippen LogP contribution in [0.4, 0.5) is 11.6 Å². The van der Waals surface area contributed by atoms with Crippen molar-refractivity contribution in [2.24, 2.45) is 5.92 Å². The molecule has 0 aliphatic carbocycles. The van der Waals surface area contributed by atoms with Crippen molar-refractivity contribution in [3.63, 3.8) is 0 Å². The van der Waals surface area contributed by atoms with Crippen molar-refractivity contribution < 1.29 is 4.79 Å². The number of hydrogen-bond acceptors (Lipinski definition) is 7. The lowest BCUT2D eigenvalue weighted by Crippen LogP contribution is -2.36. The summed E-state index contributed by atoms with van der Waals surface area (Å²) in [6, 6.07) is 4.10. The SMILES string of the molecule is CC(C)Nc1cncc(-c2cc3cc(NC(=O)C4CCN(C)CC4)ncc3cn2)n1. The van der Waals surface area contributed by atoms with E-state index >= 15 is 0 Å². The molecule has 1 saturated heterocycles. The fraction of sp³-hybridized carbons (Fsp3) is 0.409. The van der Waals surface area contributed by atoms with Crippen molar-refractivity contribution >= 4 is 28.3 Å². The first-order chi connectivity index (χ1) is 14.5. The minimum Gasteiger partial charge on any atom is -0.367 e. The van der Waals surface area contributed by atoms with E-state index in [2.05, 4.69) is 56.4 Å². The molecule has 1 aliphatic heterocycles. The number of rotatable bonds is 5. The molecule has 3 aromatic heterocycles. The number of likely N-dealkylation sites (tertiary alicyclic amines) is 1. The molecular formula is C22H27N7O. The van der Waals surface area contributed by atoms with Gasteiger partial charge in [-0.1, -0.05) is 0 Å². The first-order valence-electron chi connectivity index (χ1n) is 10.3. The molecule has 1 fully saturated rings. The number of fused-ring (bicyclic) bond motifs is 1. The Labute approximate surface area is 176 Å². The van der Waals surface area contributed by atoms with Gasteiger partial charge in [-0.25, -0.2) is 9.97 Å². The maximum Gasteiger partial charge on any atom is 0.228 e. The van der Waals surface area contributed by atoms with Crippen molar-refractivity contribution in [2.75, 3.05) is 30.8 Å². The number of carbonyl (C=O) groups excluding carboxylic acids is 1. The Kier molecular flexibility index (Phi) is 5.85. The number of aromatic nitrogens is 4. The van der Waals surface area contributed by atoms with Gasteiger partial charge in [0.2, 0.25) is 5.91 Å². The summed E-state index contributed by atoms with van der Waals surface area (Å²) >= 11 is 0. The quantitative estimate of drug-likeness (QED) is 0.673. The zero-order valence-corrected chi connectivity index (χ0v) is 17.6. The van der Waals surface area contributed by atoms with Gasteiger partial charge in [-0.3, -0.25) is 14.8 Å². The fourth-order valence-electron chi connectivity index (χ4n) is 3.60. The first-order valence-corrected chi connectivity index (χ1v) is 10.3. The number of hydrogen-bond donors (Lipinski definition) is 2. The Balaban J connectivity index is 1.55. The van der Waals surface area contributed by atoms with Gasteiger partial charge in [0.05, 0.1) is 18.1 Å². The molecule has 0 radical (unpaired) electrons. The van der Waals surface area contributed by atoms with Crippen molar-refractivity contribution in [2.45, 2.75) is 32.7 Å². The number of amides is 1. The van der Waals surface area contributed by atoms with Gasteiger partial charge in [-0.15, -0.1) is 0 Å². The number of pyridine rings is 2. The summed E-state index contributed by atoms with van der Waals surface area (Å²) in [4.78, 5) is 32.6. The minimum atomic E-state index is 0.0400. The molecule has 156 valence electrons. The monoisotopic (exact) mass is 405 g/mol. The zero-order chi connectivity index (χ0) is 21.1. The van der Waals surface area contributed by atoms with Gasteiger partial charge in [0.25, 0.3) is 0 Å². The molecule has 30 heavy (non-hydrogen) atoms. The van der Waals surface area contributed by atoms with Crippen molar-refractivity contribution in [3.8, 4) is 11.4 Å². The van der Waals surface area contributed by atoms with Crippen LogP contribution in [0.2, 0.25) is 0 Å². The van der Waals surface area contributed by atoms with Crippen molar-refractivity contribution in [3.05, 3.63) is 36.9 Å². The van der Waals surface area contributed by atoms with Crippen LogP contribution in [0.3, 0.4) is 0 Å². The number of piperidine rings is 1. The molecule has 0 unspecified atom stereocenters. The topological polar surface area (TPSA) is 95.9 Å². The Morgan fingerprint density at radius 2 is 1.77 bits per heavy atom. The van der Waals surface area contributed by atoms with Gasteiger partial charge in [0.1, 0.15) is 17.3 Å². The average molecular weight is 406 g/mol. The van der Waals surface area contributed by atoms with Crippen LogP contribution < -0.4 is 10.6 Å². The lowest BCUT2D eigenvalue weighted by Gasteiger charge is -2.27. The maximum absolute atomic E-state index is 12.6. The number of anilines is 2. The first kappa shape index (κ1) is 20.2. The molecule has 4 rings (SSSR count). The van der Waals surface area contributed by atoms with Crippen LogP contribution in [0.5, 0.6) is 0 Å². The summed E-state index contributed by atoms with van der Waals surface area (Å²) in [5.41, 5.74) is 1.41. The Morgan fingerprint density at radius 1 is 1.00 bits per heavy atom. The van der Waals surface area contributed by atoms with Gasteiger partial charge >= 0.3 is 0 Å². The smallest absolute Gasteiger partial charge is 0.228 e. The molecule has 0 aromatic carbocycles. The van der Waals surface area contributed by atoms with Crippen LogP contribution >= 0.6 is 0 Å². The summed E-state index contributed by atoms with van der Waals surface area (Å²) in [6.07, 6.45) is 8.66. The predicted molar refractivity (Wildman–Crippen MR) is 118 cm³/mol. The summed E-state index contributed by atoms with van der Waals surface area (Å²) in [6.45, 7) is 6.00. The maximum atomic E-state index is 12.6. The second-order valence-corrected chi connectivity index (χ2v) is 8.14. The van der Waals surface area contributed by atoms with E-state index < -0.39 is 0 Å². The molecule has 8 heteroatoms. The molecule has 0 spiro atoms. The van der Waals surface area contributed by atoms with E-state index in [1.807, 2.05) is 12.1 Å². The lowest BCUT2D eigenvalue weighted by molar-refractivity contribution is -0.121. The average Bonchev–Trinajstić information content (AvgIpc) is 2.73. The van der Waals surface area contributed by atoms with E-state index in [0.717, 1.165) is 42.4 Å². The summed E-state index contributed by atoms with van der Waals surface area (Å²) < 4.78 is 0. The van der Waals surface area contributed by atoms with Gasteiger partial charge < -0.3 is 15.5 Å². The highest BCUT2D eigenvalue weighted by Gasteiger charge is 2.23. The molecular weight excluding hydrogens is 378 g/mol. The third-order valence-corrected chi connectivity index (χ3v) is 5.28. The Hall–Kier alpha value is -3.13. The van der Waals surface area contributed by atoms with Crippen LogP contribution in [0.15, 0.2) is 36.9 Å². The Morgan fingerprint density at radius 3 is 2.53 bits per heavy atom. The van der Waals surface area contributed by atoms with Crippen molar-refractivity contribution in [1.29, 1.82) is 0 Å². The normalized spacial score (nSPS) is 15.5. The van der Waals surface area contributed by atoms with E-state index in [0.29, 0.717) is 17.3 Å². The molecule has 8 nitrogen and oxygen atoms in total.